The highest BCUT2D eigenvalue weighted by atomic mass is 16.2. The van der Waals surface area contributed by atoms with Crippen molar-refractivity contribution in [3.8, 4) is 0 Å². The van der Waals surface area contributed by atoms with Crippen LogP contribution in [0.3, 0.4) is 0 Å². The standard InChI is InChI=1S/C15H17NO2/c1-11-14(12(2)17)8-9-15(18)16(11)10-13-6-4-3-5-7-13/h3-7H,8-10H2,1-2H3. The van der Waals surface area contributed by atoms with Gasteiger partial charge in [-0.05, 0) is 25.8 Å². The fourth-order valence-corrected chi connectivity index (χ4v) is 2.30. The molecule has 0 fully saturated rings. The Hall–Kier alpha value is -1.90. The van der Waals surface area contributed by atoms with Crippen molar-refractivity contribution in [2.24, 2.45) is 0 Å². The molecule has 3 nitrogen and oxygen atoms in total. The molecule has 0 spiro atoms. The fourth-order valence-electron chi connectivity index (χ4n) is 2.30. The quantitative estimate of drug-likeness (QED) is 0.818. The molecule has 1 heterocycles. The molecular formula is C15H17NO2. The number of hydrogen-bond donors (Lipinski definition) is 0. The molecule has 1 aromatic carbocycles. The summed E-state index contributed by atoms with van der Waals surface area (Å²) in [6.07, 6.45) is 1.00. The van der Waals surface area contributed by atoms with Crippen molar-refractivity contribution >= 4 is 11.7 Å². The lowest BCUT2D eigenvalue weighted by Gasteiger charge is -2.29. The van der Waals surface area contributed by atoms with Gasteiger partial charge in [-0.3, -0.25) is 9.59 Å². The van der Waals surface area contributed by atoms with Gasteiger partial charge < -0.3 is 4.90 Å². The first-order valence-corrected chi connectivity index (χ1v) is 6.14. The van der Waals surface area contributed by atoms with Gasteiger partial charge in [-0.1, -0.05) is 30.3 Å². The monoisotopic (exact) mass is 243 g/mol. The molecule has 1 aliphatic heterocycles. The van der Waals surface area contributed by atoms with E-state index >= 15 is 0 Å². The zero-order valence-electron chi connectivity index (χ0n) is 10.8. The predicted octanol–water partition coefficient (Wildman–Crippen LogP) is 2.67. The number of hydrogen-bond acceptors (Lipinski definition) is 2. The summed E-state index contributed by atoms with van der Waals surface area (Å²) in [5.74, 6) is 0.166. The van der Waals surface area contributed by atoms with Crippen LogP contribution in [0.15, 0.2) is 41.6 Å². The molecule has 0 aromatic heterocycles. The van der Waals surface area contributed by atoms with Crippen molar-refractivity contribution in [3.63, 3.8) is 0 Å². The number of carbonyl (C=O) groups excluding carboxylic acids is 2. The van der Waals surface area contributed by atoms with Crippen molar-refractivity contribution in [1.82, 2.24) is 4.90 Å². The molecule has 0 bridgehead atoms. The summed E-state index contributed by atoms with van der Waals surface area (Å²) < 4.78 is 0. The van der Waals surface area contributed by atoms with E-state index in [1.54, 1.807) is 11.8 Å². The van der Waals surface area contributed by atoms with Crippen molar-refractivity contribution in [2.45, 2.75) is 33.2 Å². The molecule has 0 atom stereocenters. The van der Waals surface area contributed by atoms with Gasteiger partial charge in [0.05, 0.1) is 6.54 Å². The van der Waals surface area contributed by atoms with Crippen LogP contribution < -0.4 is 0 Å². The Labute approximate surface area is 107 Å². The van der Waals surface area contributed by atoms with Crippen molar-refractivity contribution in [1.29, 1.82) is 0 Å². The fraction of sp³-hybridized carbons (Fsp3) is 0.333. The minimum atomic E-state index is 0.0676. The van der Waals surface area contributed by atoms with Gasteiger partial charge in [0.1, 0.15) is 0 Å². The minimum absolute atomic E-state index is 0.0676. The van der Waals surface area contributed by atoms with Crippen LogP contribution >= 0.6 is 0 Å². The molecule has 1 aliphatic rings. The lowest BCUT2D eigenvalue weighted by Crippen LogP contribution is -2.33. The molecule has 0 aliphatic carbocycles. The first-order valence-electron chi connectivity index (χ1n) is 6.14. The van der Waals surface area contributed by atoms with Crippen LogP contribution in [0.2, 0.25) is 0 Å². The van der Waals surface area contributed by atoms with Gasteiger partial charge in [-0.25, -0.2) is 0 Å². The predicted molar refractivity (Wildman–Crippen MR) is 69.6 cm³/mol. The maximum Gasteiger partial charge on any atom is 0.227 e. The van der Waals surface area contributed by atoms with Gasteiger partial charge in [-0.2, -0.15) is 0 Å². The number of Topliss-reactive ketones (excluding diaryl/α,β-unsaturated/α-hetero) is 1. The molecule has 0 radical (unpaired) electrons. The minimum Gasteiger partial charge on any atom is -0.312 e. The highest BCUT2D eigenvalue weighted by Gasteiger charge is 2.25. The summed E-state index contributed by atoms with van der Waals surface area (Å²) >= 11 is 0. The number of amides is 1. The van der Waals surface area contributed by atoms with Gasteiger partial charge in [-0.15, -0.1) is 0 Å². The highest BCUT2D eigenvalue weighted by Crippen LogP contribution is 2.25. The van der Waals surface area contributed by atoms with E-state index in [-0.39, 0.29) is 11.7 Å². The summed E-state index contributed by atoms with van der Waals surface area (Å²) in [4.78, 5) is 25.2. The summed E-state index contributed by atoms with van der Waals surface area (Å²) in [6, 6.07) is 9.83. The Balaban J connectivity index is 2.27. The van der Waals surface area contributed by atoms with E-state index in [1.807, 2.05) is 37.3 Å². The Morgan fingerprint density at radius 2 is 1.89 bits per heavy atom. The first kappa shape index (κ1) is 12.6. The summed E-state index contributed by atoms with van der Waals surface area (Å²) in [5.41, 5.74) is 2.67. The van der Waals surface area contributed by atoms with E-state index in [9.17, 15) is 9.59 Å². The number of nitrogens with zero attached hydrogens (tertiary/aromatic N) is 1. The smallest absolute Gasteiger partial charge is 0.227 e. The van der Waals surface area contributed by atoms with E-state index in [0.29, 0.717) is 19.4 Å². The SMILES string of the molecule is CC(=O)C1=C(C)N(Cc2ccccc2)C(=O)CC1. The third-order valence-corrected chi connectivity index (χ3v) is 3.34. The Morgan fingerprint density at radius 1 is 1.22 bits per heavy atom. The topological polar surface area (TPSA) is 37.4 Å². The van der Waals surface area contributed by atoms with Crippen LogP contribution in [-0.4, -0.2) is 16.6 Å². The van der Waals surface area contributed by atoms with Gasteiger partial charge in [0.2, 0.25) is 5.91 Å². The van der Waals surface area contributed by atoms with Crippen molar-refractivity contribution in [2.75, 3.05) is 0 Å². The molecule has 0 unspecified atom stereocenters. The third-order valence-electron chi connectivity index (χ3n) is 3.34. The summed E-state index contributed by atoms with van der Waals surface area (Å²) in [6.45, 7) is 3.97. The number of carbonyl (C=O) groups is 2. The molecule has 94 valence electrons. The average Bonchev–Trinajstić information content (AvgIpc) is 2.35. The highest BCUT2D eigenvalue weighted by molar-refractivity contribution is 5.96. The molecule has 0 saturated heterocycles. The number of allylic oxidation sites excluding steroid dienone is 2. The van der Waals surface area contributed by atoms with Crippen LogP contribution in [0.5, 0.6) is 0 Å². The molecule has 0 N–H and O–H groups in total. The van der Waals surface area contributed by atoms with Crippen LogP contribution in [-0.2, 0) is 16.1 Å². The molecule has 2 rings (SSSR count). The zero-order valence-corrected chi connectivity index (χ0v) is 10.8. The van der Waals surface area contributed by atoms with Gasteiger partial charge in [0.15, 0.2) is 5.78 Å². The van der Waals surface area contributed by atoms with Crippen molar-refractivity contribution < 1.29 is 9.59 Å². The van der Waals surface area contributed by atoms with E-state index < -0.39 is 0 Å². The van der Waals surface area contributed by atoms with Crippen LogP contribution in [0, 0.1) is 0 Å². The van der Waals surface area contributed by atoms with Gasteiger partial charge >= 0.3 is 0 Å². The molecule has 18 heavy (non-hydrogen) atoms. The summed E-state index contributed by atoms with van der Waals surface area (Å²) in [7, 11) is 0. The molecular weight excluding hydrogens is 226 g/mol. The van der Waals surface area contributed by atoms with E-state index in [4.69, 9.17) is 0 Å². The van der Waals surface area contributed by atoms with Gasteiger partial charge in [0, 0.05) is 17.7 Å². The average molecular weight is 243 g/mol. The van der Waals surface area contributed by atoms with Gasteiger partial charge in [0.25, 0.3) is 0 Å². The Morgan fingerprint density at radius 3 is 2.50 bits per heavy atom. The Kier molecular flexibility index (Phi) is 3.60. The third kappa shape index (κ3) is 2.50. The van der Waals surface area contributed by atoms with E-state index in [2.05, 4.69) is 0 Å². The second-order valence-electron chi connectivity index (χ2n) is 4.59. The molecule has 1 amide bonds. The van der Waals surface area contributed by atoms with Crippen LogP contribution in [0.4, 0.5) is 0 Å². The lowest BCUT2D eigenvalue weighted by atomic mass is 9.98. The molecule has 0 saturated carbocycles. The van der Waals surface area contributed by atoms with E-state index in [0.717, 1.165) is 16.8 Å². The van der Waals surface area contributed by atoms with Crippen LogP contribution in [0.25, 0.3) is 0 Å². The second kappa shape index (κ2) is 5.17. The number of ketones is 1. The maximum absolute atomic E-state index is 12.0. The van der Waals surface area contributed by atoms with E-state index in [1.165, 1.54) is 0 Å². The summed E-state index contributed by atoms with van der Waals surface area (Å²) in [5, 5.41) is 0. The first-order chi connectivity index (χ1) is 8.59. The Bertz CT molecular complexity index is 502. The zero-order chi connectivity index (χ0) is 13.1. The normalized spacial score (nSPS) is 16.1. The molecule has 3 heteroatoms. The maximum atomic E-state index is 12.0. The lowest BCUT2D eigenvalue weighted by molar-refractivity contribution is -0.130. The second-order valence-corrected chi connectivity index (χ2v) is 4.59. The molecule has 1 aromatic rings. The largest absolute Gasteiger partial charge is 0.312 e. The van der Waals surface area contributed by atoms with Crippen LogP contribution in [0.1, 0.15) is 32.3 Å². The van der Waals surface area contributed by atoms with Crippen molar-refractivity contribution in [3.05, 3.63) is 47.2 Å². The number of rotatable bonds is 3. The number of benzene rings is 1.